The average molecular weight is 275 g/mol. The molecule has 104 valence electrons. The van der Waals surface area contributed by atoms with Crippen molar-refractivity contribution in [2.24, 2.45) is 0 Å². The molecule has 1 aromatic carbocycles. The van der Waals surface area contributed by atoms with Crippen LogP contribution in [0.25, 0.3) is 0 Å². The number of ether oxygens (including phenoxy) is 1. The molecule has 0 radical (unpaired) electrons. The van der Waals surface area contributed by atoms with Crippen LogP contribution >= 0.6 is 0 Å². The van der Waals surface area contributed by atoms with Crippen molar-refractivity contribution in [1.82, 2.24) is 10.2 Å². The van der Waals surface area contributed by atoms with E-state index in [2.05, 4.69) is 5.32 Å². The average Bonchev–Trinajstić information content (AvgIpc) is 2.64. The van der Waals surface area contributed by atoms with E-state index in [-0.39, 0.29) is 13.0 Å². The Morgan fingerprint density at radius 3 is 2.90 bits per heavy atom. The summed E-state index contributed by atoms with van der Waals surface area (Å²) in [6.45, 7) is -0.488. The van der Waals surface area contributed by atoms with E-state index in [0.29, 0.717) is 16.2 Å². The number of carboxylic acids is 1. The zero-order chi connectivity index (χ0) is 14.3. The van der Waals surface area contributed by atoms with Crippen molar-refractivity contribution in [2.45, 2.75) is 12.0 Å². The van der Waals surface area contributed by atoms with Crippen LogP contribution in [0, 0.1) is 0 Å². The van der Waals surface area contributed by atoms with E-state index in [1.807, 2.05) is 0 Å². The first-order valence-corrected chi connectivity index (χ1v) is 6.11. The fraction of sp³-hybridized carbons (Fsp3) is 0.308. The van der Waals surface area contributed by atoms with Gasteiger partial charge in [0.2, 0.25) is 0 Å². The maximum absolute atomic E-state index is 12.5. The third kappa shape index (κ3) is 1.63. The second-order valence-corrected chi connectivity index (χ2v) is 4.69. The fourth-order valence-corrected chi connectivity index (χ4v) is 2.64. The Morgan fingerprint density at radius 1 is 1.40 bits per heavy atom. The second kappa shape index (κ2) is 4.22. The van der Waals surface area contributed by atoms with Crippen LogP contribution in [0.3, 0.4) is 0 Å². The molecule has 1 saturated heterocycles. The highest BCUT2D eigenvalue weighted by atomic mass is 16.5. The third-order valence-electron chi connectivity index (χ3n) is 3.54. The Hall–Kier alpha value is -2.57. The van der Waals surface area contributed by atoms with Crippen LogP contribution in [-0.2, 0) is 15.1 Å². The summed E-state index contributed by atoms with van der Waals surface area (Å²) in [6, 6.07) is 6.16. The van der Waals surface area contributed by atoms with Crippen molar-refractivity contribution >= 4 is 17.9 Å². The predicted molar refractivity (Wildman–Crippen MR) is 63.5 cm³/mol. The number of benzene rings is 1. The summed E-state index contributed by atoms with van der Waals surface area (Å²) in [7, 11) is 0. The van der Waals surface area contributed by atoms with Gasteiger partial charge in [-0.2, -0.15) is 0 Å². The minimum Gasteiger partial charge on any atom is -0.548 e. The first kappa shape index (κ1) is 12.5. The number of fused-ring (bicyclic) bond motifs is 2. The molecule has 7 heteroatoms. The normalized spacial score (nSPS) is 24.3. The first-order valence-electron chi connectivity index (χ1n) is 6.11. The van der Waals surface area contributed by atoms with Gasteiger partial charge in [-0.15, -0.1) is 0 Å². The topological polar surface area (TPSA) is 98.8 Å². The quantitative estimate of drug-likeness (QED) is 0.695. The van der Waals surface area contributed by atoms with Crippen molar-refractivity contribution in [3.05, 3.63) is 29.8 Å². The van der Waals surface area contributed by atoms with Gasteiger partial charge in [0.25, 0.3) is 5.91 Å². The summed E-state index contributed by atoms with van der Waals surface area (Å²) >= 11 is 0. The molecule has 3 amide bonds. The van der Waals surface area contributed by atoms with Crippen LogP contribution < -0.4 is 15.2 Å². The van der Waals surface area contributed by atoms with Crippen LogP contribution in [0.2, 0.25) is 0 Å². The second-order valence-electron chi connectivity index (χ2n) is 4.69. The van der Waals surface area contributed by atoms with Crippen molar-refractivity contribution in [3.63, 3.8) is 0 Å². The van der Waals surface area contributed by atoms with Gasteiger partial charge in [0.05, 0.1) is 19.1 Å². The molecule has 0 aromatic heterocycles. The molecule has 20 heavy (non-hydrogen) atoms. The first-order chi connectivity index (χ1) is 9.54. The van der Waals surface area contributed by atoms with Gasteiger partial charge in [0, 0.05) is 12.0 Å². The Kier molecular flexibility index (Phi) is 2.63. The molecule has 0 bridgehead atoms. The molecule has 1 spiro atoms. The van der Waals surface area contributed by atoms with Crippen LogP contribution in [0.1, 0.15) is 12.0 Å². The number of carboxylic acid groups (broad SMARTS) is 1. The summed E-state index contributed by atoms with van der Waals surface area (Å²) in [6.07, 6.45) is 0.262. The molecule has 1 N–H and O–H groups in total. The number of imide groups is 1. The molecule has 7 nitrogen and oxygen atoms in total. The van der Waals surface area contributed by atoms with E-state index in [1.54, 1.807) is 24.3 Å². The smallest absolute Gasteiger partial charge is 0.325 e. The summed E-state index contributed by atoms with van der Waals surface area (Å²) in [5, 5.41) is 13.3. The number of urea groups is 1. The zero-order valence-corrected chi connectivity index (χ0v) is 10.4. The number of carbonyl (C=O) groups is 3. The molecule has 1 atom stereocenters. The van der Waals surface area contributed by atoms with Crippen molar-refractivity contribution < 1.29 is 24.2 Å². The molecular weight excluding hydrogens is 264 g/mol. The van der Waals surface area contributed by atoms with E-state index in [1.165, 1.54) is 0 Å². The van der Waals surface area contributed by atoms with Gasteiger partial charge in [-0.3, -0.25) is 9.69 Å². The summed E-state index contributed by atoms with van der Waals surface area (Å²) in [4.78, 5) is 35.7. The third-order valence-corrected chi connectivity index (χ3v) is 3.54. The number of aliphatic carboxylic acids is 1. The van der Waals surface area contributed by atoms with Gasteiger partial charge in [0.15, 0.2) is 5.54 Å². The molecule has 1 fully saturated rings. The lowest BCUT2D eigenvalue weighted by Gasteiger charge is -2.33. The molecule has 2 aliphatic heterocycles. The van der Waals surface area contributed by atoms with Crippen molar-refractivity contribution in [2.75, 3.05) is 13.2 Å². The molecule has 3 rings (SSSR count). The van der Waals surface area contributed by atoms with Gasteiger partial charge in [-0.05, 0) is 6.07 Å². The van der Waals surface area contributed by atoms with Gasteiger partial charge in [-0.1, -0.05) is 18.2 Å². The maximum atomic E-state index is 12.5. The lowest BCUT2D eigenvalue weighted by Crippen LogP contribution is -2.48. The predicted octanol–water partition coefficient (Wildman–Crippen LogP) is -1.03. The largest absolute Gasteiger partial charge is 0.548 e. The lowest BCUT2D eigenvalue weighted by molar-refractivity contribution is -0.305. The SMILES string of the molecule is O=C([O-])CN1C(=O)N[C@@]2(CCOc3ccccc32)C1=O. The Morgan fingerprint density at radius 2 is 2.15 bits per heavy atom. The van der Waals surface area contributed by atoms with E-state index >= 15 is 0 Å². The van der Waals surface area contributed by atoms with Gasteiger partial charge < -0.3 is 20.0 Å². The summed E-state index contributed by atoms with van der Waals surface area (Å²) < 4.78 is 5.46. The van der Waals surface area contributed by atoms with Gasteiger partial charge >= 0.3 is 6.03 Å². The highest BCUT2D eigenvalue weighted by Crippen LogP contribution is 2.40. The number of hydrogen-bond acceptors (Lipinski definition) is 5. The van der Waals surface area contributed by atoms with Gasteiger partial charge in [0.1, 0.15) is 5.75 Å². The van der Waals surface area contributed by atoms with Crippen LogP contribution in [0.4, 0.5) is 4.79 Å². The van der Waals surface area contributed by atoms with E-state index in [0.717, 1.165) is 0 Å². The number of para-hydroxylation sites is 1. The number of nitrogens with zero attached hydrogens (tertiary/aromatic N) is 1. The fourth-order valence-electron chi connectivity index (χ4n) is 2.64. The van der Waals surface area contributed by atoms with Crippen LogP contribution in [0.15, 0.2) is 24.3 Å². The van der Waals surface area contributed by atoms with E-state index in [4.69, 9.17) is 4.74 Å². The number of hydrogen-bond donors (Lipinski definition) is 1. The van der Waals surface area contributed by atoms with Gasteiger partial charge in [-0.25, -0.2) is 4.79 Å². The zero-order valence-electron chi connectivity index (χ0n) is 10.4. The van der Waals surface area contributed by atoms with Crippen LogP contribution in [0.5, 0.6) is 5.75 Å². The molecule has 0 aliphatic carbocycles. The number of nitrogens with one attached hydrogen (secondary N) is 1. The molecule has 2 heterocycles. The minimum atomic E-state index is -1.48. The Balaban J connectivity index is 2.05. The summed E-state index contributed by atoms with van der Waals surface area (Å²) in [5.74, 6) is -1.55. The summed E-state index contributed by atoms with van der Waals surface area (Å²) in [5.41, 5.74) is -0.688. The molecular formula is C13H11N2O5-. The number of rotatable bonds is 2. The monoisotopic (exact) mass is 275 g/mol. The van der Waals surface area contributed by atoms with E-state index in [9.17, 15) is 19.5 Å². The lowest BCUT2D eigenvalue weighted by atomic mass is 9.84. The van der Waals surface area contributed by atoms with Crippen molar-refractivity contribution in [3.8, 4) is 5.75 Å². The van der Waals surface area contributed by atoms with E-state index < -0.39 is 30.0 Å². The Labute approximate surface area is 114 Å². The molecule has 1 aromatic rings. The van der Waals surface area contributed by atoms with Crippen LogP contribution in [-0.4, -0.2) is 36.0 Å². The number of amides is 3. The maximum Gasteiger partial charge on any atom is 0.325 e. The standard InChI is InChI=1S/C13H12N2O5/c16-10(17)7-15-11(18)13(14-12(15)19)5-6-20-9-4-2-1-3-8(9)13/h1-4H,5-7H2,(H,14,19)(H,16,17)/p-1/t13-/m1/s1. The molecule has 2 aliphatic rings. The number of carbonyl (C=O) groups excluding carboxylic acids is 3. The highest BCUT2D eigenvalue weighted by Gasteiger charge is 2.54. The Bertz CT molecular complexity index is 615. The minimum absolute atomic E-state index is 0.262. The molecule has 0 saturated carbocycles. The molecule has 0 unspecified atom stereocenters. The highest BCUT2D eigenvalue weighted by molar-refractivity contribution is 6.09. The van der Waals surface area contributed by atoms with Crippen molar-refractivity contribution in [1.29, 1.82) is 0 Å².